The number of pyridine rings is 1. The van der Waals surface area contributed by atoms with Crippen LogP contribution in [0, 0.1) is 0 Å². The van der Waals surface area contributed by atoms with E-state index >= 15 is 0 Å². The van der Waals surface area contributed by atoms with Gasteiger partial charge in [-0.05, 0) is 24.3 Å². The normalized spacial score (nSPS) is 10.1. The van der Waals surface area contributed by atoms with Crippen LogP contribution in [0.3, 0.4) is 0 Å². The highest BCUT2D eigenvalue weighted by Gasteiger charge is 2.10. The highest BCUT2D eigenvalue weighted by molar-refractivity contribution is 6.01. The van der Waals surface area contributed by atoms with Gasteiger partial charge in [-0.3, -0.25) is 4.79 Å². The molecule has 82 valence electrons. The maximum Gasteiger partial charge on any atom is 0.292 e. The third-order valence-corrected chi connectivity index (χ3v) is 1.99. The molecule has 2 heterocycles. The Bertz CT molecular complexity index is 479. The molecule has 0 aliphatic heterocycles. The van der Waals surface area contributed by atoms with Crippen molar-refractivity contribution in [3.8, 4) is 0 Å². The summed E-state index contributed by atoms with van der Waals surface area (Å²) in [7, 11) is 0. The van der Waals surface area contributed by atoms with Gasteiger partial charge in [-0.2, -0.15) is 0 Å². The third-order valence-electron chi connectivity index (χ3n) is 1.99. The Kier molecular flexibility index (Phi) is 2.98. The summed E-state index contributed by atoms with van der Waals surface area (Å²) in [5.74, 6) is 0.953. The molecule has 0 saturated heterocycles. The van der Waals surface area contributed by atoms with Gasteiger partial charge in [-0.25, -0.2) is 4.98 Å². The first kappa shape index (κ1) is 10.4. The van der Waals surface area contributed by atoms with Gasteiger partial charge in [0.25, 0.3) is 5.91 Å². The molecule has 2 aromatic heterocycles. The van der Waals surface area contributed by atoms with Crippen LogP contribution in [0.4, 0.5) is 5.82 Å². The minimum Gasteiger partial charge on any atom is -0.455 e. The Balaban J connectivity index is 2.09. The fourth-order valence-electron chi connectivity index (χ4n) is 1.22. The average Bonchev–Trinajstić information content (AvgIpc) is 2.79. The molecule has 0 aliphatic carbocycles. The Morgan fingerprint density at radius 1 is 1.38 bits per heavy atom. The minimum atomic E-state index is -0.335. The van der Waals surface area contributed by atoms with Crippen molar-refractivity contribution in [1.82, 2.24) is 4.98 Å². The first-order chi connectivity index (χ1) is 7.79. The molecular weight excluding hydrogens is 206 g/mol. The number of carbonyl (C=O) groups is 1. The molecule has 5 heteroatoms. The van der Waals surface area contributed by atoms with Crippen molar-refractivity contribution in [2.24, 2.45) is 5.73 Å². The van der Waals surface area contributed by atoms with E-state index in [2.05, 4.69) is 10.3 Å². The molecule has 0 atom stereocenters. The van der Waals surface area contributed by atoms with Gasteiger partial charge in [-0.15, -0.1) is 0 Å². The zero-order valence-corrected chi connectivity index (χ0v) is 8.51. The molecule has 16 heavy (non-hydrogen) atoms. The first-order valence-corrected chi connectivity index (χ1v) is 4.81. The first-order valence-electron chi connectivity index (χ1n) is 4.81. The van der Waals surface area contributed by atoms with Gasteiger partial charge in [0, 0.05) is 6.20 Å². The maximum absolute atomic E-state index is 11.7. The number of aromatic nitrogens is 1. The van der Waals surface area contributed by atoms with Gasteiger partial charge in [0.2, 0.25) is 0 Å². The Morgan fingerprint density at radius 3 is 2.88 bits per heavy atom. The van der Waals surface area contributed by atoms with Crippen LogP contribution in [0.5, 0.6) is 0 Å². The molecule has 1 amide bonds. The number of anilines is 1. The second kappa shape index (κ2) is 4.59. The number of nitrogens with zero attached hydrogens (tertiary/aromatic N) is 1. The van der Waals surface area contributed by atoms with Crippen molar-refractivity contribution >= 4 is 11.7 Å². The number of nitrogens with two attached hydrogens (primary N) is 1. The van der Waals surface area contributed by atoms with Crippen molar-refractivity contribution in [2.75, 3.05) is 5.32 Å². The molecule has 0 spiro atoms. The van der Waals surface area contributed by atoms with Gasteiger partial charge in [-0.1, -0.05) is 6.07 Å². The lowest BCUT2D eigenvalue weighted by Crippen LogP contribution is -2.11. The molecule has 3 N–H and O–H groups in total. The van der Waals surface area contributed by atoms with Crippen LogP contribution >= 0.6 is 0 Å². The molecule has 0 aromatic carbocycles. The van der Waals surface area contributed by atoms with E-state index < -0.39 is 0 Å². The van der Waals surface area contributed by atoms with Crippen molar-refractivity contribution in [3.05, 3.63) is 48.0 Å². The number of amides is 1. The summed E-state index contributed by atoms with van der Waals surface area (Å²) in [6.45, 7) is 0.275. The summed E-state index contributed by atoms with van der Waals surface area (Å²) in [5, 5.41) is 2.61. The molecule has 0 saturated carbocycles. The lowest BCUT2D eigenvalue weighted by atomic mass is 10.4. The number of nitrogens with one attached hydrogen (secondary N) is 1. The highest BCUT2D eigenvalue weighted by atomic mass is 16.4. The van der Waals surface area contributed by atoms with Gasteiger partial charge in [0.15, 0.2) is 5.76 Å². The second-order valence-corrected chi connectivity index (χ2v) is 3.14. The zero-order valence-electron chi connectivity index (χ0n) is 8.51. The van der Waals surface area contributed by atoms with E-state index in [0.717, 1.165) is 0 Å². The molecule has 0 radical (unpaired) electrons. The largest absolute Gasteiger partial charge is 0.455 e. The molecular formula is C11H11N3O2. The van der Waals surface area contributed by atoms with Crippen LogP contribution in [0.15, 0.2) is 40.9 Å². The van der Waals surface area contributed by atoms with E-state index in [-0.39, 0.29) is 18.2 Å². The van der Waals surface area contributed by atoms with E-state index in [4.69, 9.17) is 10.2 Å². The molecule has 0 aliphatic rings. The van der Waals surface area contributed by atoms with Crippen molar-refractivity contribution < 1.29 is 9.21 Å². The predicted octanol–water partition coefficient (Wildman–Crippen LogP) is 1.39. The molecule has 0 fully saturated rings. The molecule has 2 rings (SSSR count). The third kappa shape index (κ3) is 2.26. The Labute approximate surface area is 92.3 Å². The quantitative estimate of drug-likeness (QED) is 0.813. The standard InChI is InChI=1S/C11H11N3O2/c12-7-8-4-5-9(16-8)11(15)14-10-3-1-2-6-13-10/h1-6H,7,12H2,(H,13,14,15). The van der Waals surface area contributed by atoms with Gasteiger partial charge < -0.3 is 15.5 Å². The lowest BCUT2D eigenvalue weighted by Gasteiger charge is -2.00. The fraction of sp³-hybridized carbons (Fsp3) is 0.0909. The summed E-state index contributed by atoms with van der Waals surface area (Å²) in [4.78, 5) is 15.6. The Hall–Kier alpha value is -2.14. The summed E-state index contributed by atoms with van der Waals surface area (Å²) >= 11 is 0. The number of carbonyl (C=O) groups excluding carboxylic acids is 1. The van der Waals surface area contributed by atoms with Gasteiger partial charge in [0.05, 0.1) is 6.54 Å². The van der Waals surface area contributed by atoms with Crippen molar-refractivity contribution in [2.45, 2.75) is 6.54 Å². The van der Waals surface area contributed by atoms with E-state index in [0.29, 0.717) is 11.6 Å². The minimum absolute atomic E-state index is 0.228. The summed E-state index contributed by atoms with van der Waals surface area (Å²) in [6.07, 6.45) is 1.60. The van der Waals surface area contributed by atoms with Crippen LogP contribution in [0.1, 0.15) is 16.3 Å². The van der Waals surface area contributed by atoms with Crippen LogP contribution < -0.4 is 11.1 Å². The van der Waals surface area contributed by atoms with Crippen molar-refractivity contribution in [3.63, 3.8) is 0 Å². The number of hydrogen-bond donors (Lipinski definition) is 2. The summed E-state index contributed by atoms with van der Waals surface area (Å²) < 4.78 is 5.20. The number of rotatable bonds is 3. The molecule has 0 unspecified atom stereocenters. The SMILES string of the molecule is NCc1ccc(C(=O)Nc2ccccn2)o1. The van der Waals surface area contributed by atoms with Gasteiger partial charge in [0.1, 0.15) is 11.6 Å². The van der Waals surface area contributed by atoms with Gasteiger partial charge >= 0.3 is 0 Å². The maximum atomic E-state index is 11.7. The molecule has 0 bridgehead atoms. The van der Waals surface area contributed by atoms with E-state index in [1.54, 1.807) is 36.5 Å². The fourth-order valence-corrected chi connectivity index (χ4v) is 1.22. The molecule has 5 nitrogen and oxygen atoms in total. The second-order valence-electron chi connectivity index (χ2n) is 3.14. The number of hydrogen-bond acceptors (Lipinski definition) is 4. The topological polar surface area (TPSA) is 81.2 Å². The smallest absolute Gasteiger partial charge is 0.292 e. The van der Waals surface area contributed by atoms with E-state index in [1.807, 2.05) is 0 Å². The Morgan fingerprint density at radius 2 is 2.25 bits per heavy atom. The highest BCUT2D eigenvalue weighted by Crippen LogP contribution is 2.09. The zero-order chi connectivity index (χ0) is 11.4. The van der Waals surface area contributed by atoms with Crippen LogP contribution in [0.2, 0.25) is 0 Å². The monoisotopic (exact) mass is 217 g/mol. The van der Waals surface area contributed by atoms with Crippen LogP contribution in [0.25, 0.3) is 0 Å². The van der Waals surface area contributed by atoms with E-state index in [9.17, 15) is 4.79 Å². The van der Waals surface area contributed by atoms with Crippen LogP contribution in [-0.4, -0.2) is 10.9 Å². The molecule has 2 aromatic rings. The predicted molar refractivity (Wildman–Crippen MR) is 58.8 cm³/mol. The van der Waals surface area contributed by atoms with Crippen molar-refractivity contribution in [1.29, 1.82) is 0 Å². The average molecular weight is 217 g/mol. The number of furan rings is 1. The summed E-state index contributed by atoms with van der Waals surface area (Å²) in [6, 6.07) is 8.52. The summed E-state index contributed by atoms with van der Waals surface area (Å²) in [5.41, 5.74) is 5.38. The lowest BCUT2D eigenvalue weighted by molar-refractivity contribution is 0.0994. The van der Waals surface area contributed by atoms with E-state index in [1.165, 1.54) is 0 Å². The van der Waals surface area contributed by atoms with Crippen LogP contribution in [-0.2, 0) is 6.54 Å².